The van der Waals surface area contributed by atoms with E-state index < -0.39 is 0 Å². The lowest BCUT2D eigenvalue weighted by Gasteiger charge is -2.05. The molecule has 0 amide bonds. The Morgan fingerprint density at radius 2 is 2.26 bits per heavy atom. The third-order valence-electron chi connectivity index (χ3n) is 3.64. The van der Waals surface area contributed by atoms with E-state index in [0.717, 1.165) is 26.8 Å². The highest BCUT2D eigenvalue weighted by Crippen LogP contribution is 2.33. The van der Waals surface area contributed by atoms with Crippen LogP contribution >= 0.6 is 23.6 Å². The molecule has 0 spiro atoms. The predicted molar refractivity (Wildman–Crippen MR) is 95.5 cm³/mol. The monoisotopic (exact) mass is 341 g/mol. The van der Waals surface area contributed by atoms with Crippen LogP contribution in [0.4, 0.5) is 0 Å². The van der Waals surface area contributed by atoms with Crippen LogP contribution in [0.1, 0.15) is 18.5 Å². The smallest absolute Gasteiger partial charge is 0.194 e. The number of rotatable bonds is 3. The molecule has 0 bridgehead atoms. The molecular weight excluding hydrogens is 326 g/mol. The molecule has 1 aliphatic carbocycles. The van der Waals surface area contributed by atoms with Gasteiger partial charge in [0.25, 0.3) is 0 Å². The van der Waals surface area contributed by atoms with Gasteiger partial charge in [-0.25, -0.2) is 9.67 Å². The summed E-state index contributed by atoms with van der Waals surface area (Å²) in [4.78, 5) is 9.87. The first-order valence-corrected chi connectivity index (χ1v) is 8.68. The lowest BCUT2D eigenvalue weighted by molar-refractivity contribution is 0.833. The van der Waals surface area contributed by atoms with Crippen molar-refractivity contribution in [3.63, 3.8) is 0 Å². The van der Waals surface area contributed by atoms with Gasteiger partial charge in [0.05, 0.1) is 10.6 Å². The Morgan fingerprint density at radius 1 is 1.39 bits per heavy atom. The third kappa shape index (κ3) is 3.02. The zero-order valence-corrected chi connectivity index (χ0v) is 14.2. The van der Waals surface area contributed by atoms with Crippen LogP contribution in [0.15, 0.2) is 36.8 Å². The second-order valence-electron chi connectivity index (χ2n) is 5.54. The molecule has 4 rings (SSSR count). The molecule has 3 aromatic heterocycles. The normalized spacial score (nSPS) is 14.0. The SMILES string of the molecule is Cc1nc(-c2cccnc2)sc1-c1ccn(C(=S)NC2CC2)n1. The summed E-state index contributed by atoms with van der Waals surface area (Å²) in [6.45, 7) is 2.01. The molecule has 0 atom stereocenters. The number of aryl methyl sites for hydroxylation is 1. The largest absolute Gasteiger partial charge is 0.358 e. The van der Waals surface area contributed by atoms with Gasteiger partial charge < -0.3 is 5.32 Å². The highest BCUT2D eigenvalue weighted by atomic mass is 32.1. The molecule has 5 nitrogen and oxygen atoms in total. The van der Waals surface area contributed by atoms with Crippen LogP contribution in [0.25, 0.3) is 21.1 Å². The highest BCUT2D eigenvalue weighted by Gasteiger charge is 2.23. The first-order valence-electron chi connectivity index (χ1n) is 7.45. The zero-order chi connectivity index (χ0) is 15.8. The maximum Gasteiger partial charge on any atom is 0.194 e. The van der Waals surface area contributed by atoms with Gasteiger partial charge in [0.15, 0.2) is 5.11 Å². The molecule has 0 saturated heterocycles. The van der Waals surface area contributed by atoms with Gasteiger partial charge >= 0.3 is 0 Å². The minimum atomic E-state index is 0.525. The van der Waals surface area contributed by atoms with Gasteiger partial charge in [-0.15, -0.1) is 11.3 Å². The van der Waals surface area contributed by atoms with Gasteiger partial charge in [-0.2, -0.15) is 5.10 Å². The second kappa shape index (κ2) is 5.82. The molecule has 0 unspecified atom stereocenters. The van der Waals surface area contributed by atoms with Gasteiger partial charge in [0.1, 0.15) is 10.7 Å². The summed E-state index contributed by atoms with van der Waals surface area (Å²) in [7, 11) is 0. The molecule has 1 fully saturated rings. The van der Waals surface area contributed by atoms with Crippen molar-refractivity contribution in [3.8, 4) is 21.1 Å². The summed E-state index contributed by atoms with van der Waals surface area (Å²) in [5.74, 6) is 0. The van der Waals surface area contributed by atoms with Crippen LogP contribution < -0.4 is 5.32 Å². The molecule has 7 heteroatoms. The van der Waals surface area contributed by atoms with Crippen LogP contribution in [0.5, 0.6) is 0 Å². The number of hydrogen-bond acceptors (Lipinski definition) is 5. The average molecular weight is 341 g/mol. The van der Waals surface area contributed by atoms with Gasteiger partial charge in [0.2, 0.25) is 0 Å². The quantitative estimate of drug-likeness (QED) is 0.741. The summed E-state index contributed by atoms with van der Waals surface area (Å²) >= 11 is 7.01. The second-order valence-corrected chi connectivity index (χ2v) is 6.93. The number of thiocarbonyl (C=S) groups is 1. The van der Waals surface area contributed by atoms with Gasteiger partial charge in [-0.1, -0.05) is 0 Å². The Balaban J connectivity index is 1.62. The van der Waals surface area contributed by atoms with Crippen molar-refractivity contribution in [2.75, 3.05) is 0 Å². The van der Waals surface area contributed by atoms with Crippen molar-refractivity contribution in [2.24, 2.45) is 0 Å². The fourth-order valence-corrected chi connectivity index (χ4v) is 3.56. The molecule has 1 N–H and O–H groups in total. The standard InChI is InChI=1S/C16H15N5S2/c1-10-14(23-15(18-10)11-3-2-7-17-9-11)13-6-8-21(20-13)16(22)19-12-4-5-12/h2-3,6-9,12H,4-5H2,1H3,(H,19,22). The maximum absolute atomic E-state index is 5.38. The van der Waals surface area contributed by atoms with Crippen molar-refractivity contribution in [2.45, 2.75) is 25.8 Å². The van der Waals surface area contributed by atoms with E-state index in [-0.39, 0.29) is 0 Å². The molecular formula is C16H15N5S2. The Labute approximate surface area is 143 Å². The van der Waals surface area contributed by atoms with E-state index in [9.17, 15) is 0 Å². The number of hydrogen-bond donors (Lipinski definition) is 1. The first-order chi connectivity index (χ1) is 11.2. The van der Waals surface area contributed by atoms with Crippen molar-refractivity contribution in [3.05, 3.63) is 42.5 Å². The molecule has 1 aliphatic rings. The highest BCUT2D eigenvalue weighted by molar-refractivity contribution is 7.80. The Morgan fingerprint density at radius 3 is 3.00 bits per heavy atom. The summed E-state index contributed by atoms with van der Waals surface area (Å²) in [6.07, 6.45) is 7.87. The number of aromatic nitrogens is 4. The maximum atomic E-state index is 5.38. The Kier molecular flexibility index (Phi) is 3.66. The molecule has 23 heavy (non-hydrogen) atoms. The minimum absolute atomic E-state index is 0.525. The lowest BCUT2D eigenvalue weighted by atomic mass is 10.3. The van der Waals surface area contributed by atoms with E-state index >= 15 is 0 Å². The third-order valence-corrected chi connectivity index (χ3v) is 5.17. The average Bonchev–Trinajstić information content (AvgIpc) is 3.10. The van der Waals surface area contributed by atoms with Crippen LogP contribution in [0, 0.1) is 6.92 Å². The summed E-state index contributed by atoms with van der Waals surface area (Å²) < 4.78 is 1.73. The van der Waals surface area contributed by atoms with Crippen molar-refractivity contribution >= 4 is 28.7 Å². The summed E-state index contributed by atoms with van der Waals surface area (Å²) in [5, 5.41) is 9.51. The van der Waals surface area contributed by atoms with E-state index in [1.807, 2.05) is 37.5 Å². The van der Waals surface area contributed by atoms with E-state index in [4.69, 9.17) is 12.2 Å². The van der Waals surface area contributed by atoms with Crippen LogP contribution in [-0.2, 0) is 0 Å². The van der Waals surface area contributed by atoms with Gasteiger partial charge in [-0.05, 0) is 50.2 Å². The predicted octanol–water partition coefficient (Wildman–Crippen LogP) is 3.26. The molecule has 116 valence electrons. The van der Waals surface area contributed by atoms with Crippen LogP contribution in [-0.4, -0.2) is 30.9 Å². The number of thiazole rings is 1. The molecule has 0 radical (unpaired) electrons. The number of nitrogens with one attached hydrogen (secondary N) is 1. The summed E-state index contributed by atoms with van der Waals surface area (Å²) in [5.41, 5.74) is 2.90. The fraction of sp³-hybridized carbons (Fsp3) is 0.250. The van der Waals surface area contributed by atoms with Crippen LogP contribution in [0.3, 0.4) is 0 Å². The molecule has 3 aromatic rings. The van der Waals surface area contributed by atoms with E-state index in [2.05, 4.69) is 20.4 Å². The molecule has 0 aromatic carbocycles. The van der Waals surface area contributed by atoms with Gasteiger partial charge in [-0.3, -0.25) is 4.98 Å². The van der Waals surface area contributed by atoms with E-state index in [1.54, 1.807) is 22.2 Å². The van der Waals surface area contributed by atoms with Gasteiger partial charge in [0, 0.05) is 30.2 Å². The first kappa shape index (κ1) is 14.5. The van der Waals surface area contributed by atoms with E-state index in [1.165, 1.54) is 12.8 Å². The molecule has 0 aliphatic heterocycles. The number of pyridine rings is 1. The summed E-state index contributed by atoms with van der Waals surface area (Å²) in [6, 6.07) is 6.44. The van der Waals surface area contributed by atoms with Crippen molar-refractivity contribution in [1.82, 2.24) is 25.1 Å². The van der Waals surface area contributed by atoms with E-state index in [0.29, 0.717) is 11.2 Å². The van der Waals surface area contributed by atoms with Crippen molar-refractivity contribution < 1.29 is 0 Å². The Bertz CT molecular complexity index is 848. The zero-order valence-electron chi connectivity index (χ0n) is 12.6. The fourth-order valence-electron chi connectivity index (χ4n) is 2.27. The van der Waals surface area contributed by atoms with Crippen LogP contribution in [0.2, 0.25) is 0 Å². The Hall–Kier alpha value is -2.12. The lowest BCUT2D eigenvalue weighted by Crippen LogP contribution is -2.30. The molecule has 1 saturated carbocycles. The minimum Gasteiger partial charge on any atom is -0.358 e. The van der Waals surface area contributed by atoms with Crippen molar-refractivity contribution in [1.29, 1.82) is 0 Å². The molecule has 3 heterocycles. The number of nitrogens with zero attached hydrogens (tertiary/aromatic N) is 4. The topological polar surface area (TPSA) is 55.6 Å².